The first-order valence-corrected chi connectivity index (χ1v) is 8.61. The van der Waals surface area contributed by atoms with E-state index in [1.54, 1.807) is 54.6 Å². The Kier molecular flexibility index (Phi) is 6.04. The predicted octanol–water partition coefficient (Wildman–Crippen LogP) is 3.08. The van der Waals surface area contributed by atoms with Gasteiger partial charge in [-0.25, -0.2) is 4.39 Å². The van der Waals surface area contributed by atoms with Crippen LogP contribution in [0.25, 0.3) is 17.2 Å². The van der Waals surface area contributed by atoms with Gasteiger partial charge in [0.25, 0.3) is 0 Å². The predicted molar refractivity (Wildman–Crippen MR) is 108 cm³/mol. The Labute approximate surface area is 162 Å². The van der Waals surface area contributed by atoms with Crippen LogP contribution >= 0.6 is 0 Å². The van der Waals surface area contributed by atoms with Crippen LogP contribution in [0.3, 0.4) is 0 Å². The van der Waals surface area contributed by atoms with Gasteiger partial charge in [0.1, 0.15) is 11.6 Å². The van der Waals surface area contributed by atoms with Gasteiger partial charge in [-0.05, 0) is 41.0 Å². The minimum Gasteiger partial charge on any atom is -0.497 e. The van der Waals surface area contributed by atoms with E-state index in [2.05, 4.69) is 0 Å². The lowest BCUT2D eigenvalue weighted by Crippen LogP contribution is -2.31. The Balaban J connectivity index is 1.91. The average Bonchev–Trinajstić information content (AvgIpc) is 2.71. The van der Waals surface area contributed by atoms with E-state index in [0.29, 0.717) is 28.0 Å². The van der Waals surface area contributed by atoms with Crippen molar-refractivity contribution < 1.29 is 24.0 Å². The number of ether oxygens (including phenoxy) is 1. The van der Waals surface area contributed by atoms with Gasteiger partial charge >= 0.3 is 7.12 Å². The van der Waals surface area contributed by atoms with Gasteiger partial charge in [-0.2, -0.15) is 0 Å². The van der Waals surface area contributed by atoms with Gasteiger partial charge in [0, 0.05) is 11.0 Å². The Morgan fingerprint density at radius 1 is 1.04 bits per heavy atom. The van der Waals surface area contributed by atoms with Gasteiger partial charge in [0.15, 0.2) is 5.78 Å². The highest BCUT2D eigenvalue weighted by molar-refractivity contribution is 6.59. The molecule has 4 nitrogen and oxygen atoms in total. The van der Waals surface area contributed by atoms with Gasteiger partial charge in [-0.15, -0.1) is 0 Å². The van der Waals surface area contributed by atoms with Crippen LogP contribution in [0.5, 0.6) is 5.75 Å². The number of methoxy groups -OCH3 is 1. The summed E-state index contributed by atoms with van der Waals surface area (Å²) >= 11 is 0. The zero-order chi connectivity index (χ0) is 20.1. The van der Waals surface area contributed by atoms with Crippen molar-refractivity contribution in [2.24, 2.45) is 0 Å². The number of halogens is 1. The van der Waals surface area contributed by atoms with Gasteiger partial charge in [0.05, 0.1) is 7.11 Å². The van der Waals surface area contributed by atoms with Crippen molar-refractivity contribution in [2.45, 2.75) is 0 Å². The van der Waals surface area contributed by atoms with Crippen LogP contribution in [0, 0.1) is 5.82 Å². The highest BCUT2D eigenvalue weighted by Crippen LogP contribution is 2.25. The summed E-state index contributed by atoms with van der Waals surface area (Å²) in [6, 6.07) is 17.9. The molecule has 0 radical (unpaired) electrons. The van der Waals surface area contributed by atoms with Crippen LogP contribution in [0.2, 0.25) is 0 Å². The maximum absolute atomic E-state index is 13.6. The Morgan fingerprint density at radius 3 is 2.54 bits per heavy atom. The molecule has 3 aromatic rings. The summed E-state index contributed by atoms with van der Waals surface area (Å²) in [7, 11) is -0.253. The summed E-state index contributed by atoms with van der Waals surface area (Å²) in [4.78, 5) is 12.7. The molecule has 0 aliphatic heterocycles. The number of ketones is 1. The molecule has 0 aliphatic rings. The fourth-order valence-electron chi connectivity index (χ4n) is 2.93. The number of rotatable bonds is 6. The molecule has 0 spiro atoms. The van der Waals surface area contributed by atoms with Gasteiger partial charge in [0.2, 0.25) is 0 Å². The minimum absolute atomic E-state index is 0.206. The van der Waals surface area contributed by atoms with E-state index in [9.17, 15) is 19.2 Å². The molecule has 140 valence electrons. The SMILES string of the molecule is COc1ccc(C=CC(=O)c2ccccc2-c2cccc(F)c2)cc1B(O)O. The number of carbonyl (C=O) groups is 1. The maximum atomic E-state index is 13.6. The lowest BCUT2D eigenvalue weighted by Gasteiger charge is -2.09. The highest BCUT2D eigenvalue weighted by Gasteiger charge is 2.17. The lowest BCUT2D eigenvalue weighted by atomic mass is 9.78. The first kappa shape index (κ1) is 19.5. The molecule has 2 N–H and O–H groups in total. The van der Waals surface area contributed by atoms with Crippen molar-refractivity contribution >= 4 is 24.4 Å². The molecular formula is C22H18BFO4. The molecule has 0 atom stereocenters. The molecule has 0 aliphatic carbocycles. The minimum atomic E-state index is -1.69. The summed E-state index contributed by atoms with van der Waals surface area (Å²) in [6.45, 7) is 0. The van der Waals surface area contributed by atoms with Crippen molar-refractivity contribution in [3.63, 3.8) is 0 Å². The summed E-state index contributed by atoms with van der Waals surface area (Å²) in [5.74, 6) is -0.277. The lowest BCUT2D eigenvalue weighted by molar-refractivity contribution is 0.104. The Morgan fingerprint density at radius 2 is 1.82 bits per heavy atom. The molecule has 28 heavy (non-hydrogen) atoms. The largest absolute Gasteiger partial charge is 0.497 e. The molecule has 3 rings (SSSR count). The first-order chi connectivity index (χ1) is 13.5. The van der Waals surface area contributed by atoms with Crippen molar-refractivity contribution in [2.75, 3.05) is 7.11 Å². The molecule has 0 aromatic heterocycles. The standard InChI is InChI=1S/C22H18BFO4/c1-28-22-12-10-15(13-20(22)23(26)27)9-11-21(25)19-8-3-2-7-18(19)16-5-4-6-17(24)14-16/h2-14,26-27H,1H3. The Bertz CT molecular complexity index is 1030. The van der Waals surface area contributed by atoms with E-state index in [0.717, 1.165) is 0 Å². The van der Waals surface area contributed by atoms with E-state index in [1.165, 1.54) is 31.4 Å². The first-order valence-electron chi connectivity index (χ1n) is 8.61. The monoisotopic (exact) mass is 376 g/mol. The molecule has 0 saturated heterocycles. The van der Waals surface area contributed by atoms with Crippen LogP contribution in [0.4, 0.5) is 4.39 Å². The molecule has 0 unspecified atom stereocenters. The third-order valence-electron chi connectivity index (χ3n) is 4.29. The van der Waals surface area contributed by atoms with E-state index in [1.807, 2.05) is 0 Å². The van der Waals surface area contributed by atoms with Crippen molar-refractivity contribution in [1.29, 1.82) is 0 Å². The second kappa shape index (κ2) is 8.65. The van der Waals surface area contributed by atoms with Crippen LogP contribution in [-0.4, -0.2) is 30.1 Å². The summed E-state index contributed by atoms with van der Waals surface area (Å²) in [6.07, 6.45) is 2.98. The molecule has 0 amide bonds. The van der Waals surface area contributed by atoms with E-state index < -0.39 is 7.12 Å². The van der Waals surface area contributed by atoms with Crippen LogP contribution in [-0.2, 0) is 0 Å². The van der Waals surface area contributed by atoms with Crippen LogP contribution in [0.1, 0.15) is 15.9 Å². The van der Waals surface area contributed by atoms with E-state index in [-0.39, 0.29) is 17.1 Å². The maximum Gasteiger partial charge on any atom is 0.492 e. The average molecular weight is 376 g/mol. The summed E-state index contributed by atoms with van der Waals surface area (Å²) < 4.78 is 18.7. The number of hydrogen-bond donors (Lipinski definition) is 2. The molecule has 6 heteroatoms. The highest BCUT2D eigenvalue weighted by atomic mass is 19.1. The van der Waals surface area contributed by atoms with Gasteiger partial charge in [-0.1, -0.05) is 54.6 Å². The second-order valence-corrected chi connectivity index (χ2v) is 6.13. The van der Waals surface area contributed by atoms with E-state index >= 15 is 0 Å². The molecule has 0 heterocycles. The summed E-state index contributed by atoms with van der Waals surface area (Å²) in [5.41, 5.74) is 2.52. The number of benzene rings is 3. The van der Waals surface area contributed by atoms with Gasteiger partial charge < -0.3 is 14.8 Å². The quantitative estimate of drug-likeness (QED) is 0.394. The van der Waals surface area contributed by atoms with Crippen molar-refractivity contribution in [3.8, 4) is 16.9 Å². The number of hydrogen-bond acceptors (Lipinski definition) is 4. The van der Waals surface area contributed by atoms with Crippen molar-refractivity contribution in [1.82, 2.24) is 0 Å². The summed E-state index contributed by atoms with van der Waals surface area (Å²) in [5, 5.41) is 18.9. The number of carbonyl (C=O) groups excluding carboxylic acids is 1. The zero-order valence-corrected chi connectivity index (χ0v) is 15.2. The topological polar surface area (TPSA) is 66.8 Å². The Hall–Kier alpha value is -3.22. The van der Waals surface area contributed by atoms with Crippen LogP contribution in [0.15, 0.2) is 72.8 Å². The molecule has 0 saturated carbocycles. The van der Waals surface area contributed by atoms with E-state index in [4.69, 9.17) is 4.74 Å². The van der Waals surface area contributed by atoms with Crippen molar-refractivity contribution in [3.05, 3.63) is 89.8 Å². The van der Waals surface area contributed by atoms with Gasteiger partial charge in [-0.3, -0.25) is 4.79 Å². The molecule has 0 bridgehead atoms. The number of allylic oxidation sites excluding steroid dienone is 1. The normalized spacial score (nSPS) is 10.9. The second-order valence-electron chi connectivity index (χ2n) is 6.13. The zero-order valence-electron chi connectivity index (χ0n) is 15.2. The fourth-order valence-corrected chi connectivity index (χ4v) is 2.93. The van der Waals surface area contributed by atoms with Crippen LogP contribution < -0.4 is 10.2 Å². The fraction of sp³-hybridized carbons (Fsp3) is 0.0455. The third-order valence-corrected chi connectivity index (χ3v) is 4.29. The molecule has 3 aromatic carbocycles. The smallest absolute Gasteiger partial charge is 0.492 e. The molecular weight excluding hydrogens is 358 g/mol. The molecule has 0 fully saturated rings. The third kappa shape index (κ3) is 4.36.